The maximum atomic E-state index is 13.2. The molecule has 0 aliphatic heterocycles. The van der Waals surface area contributed by atoms with Crippen LogP contribution in [0.5, 0.6) is 0 Å². The molecule has 3 aromatic heterocycles. The number of fused-ring (bicyclic) bond motifs is 1. The van der Waals surface area contributed by atoms with E-state index in [-0.39, 0.29) is 18.1 Å². The highest BCUT2D eigenvalue weighted by molar-refractivity contribution is 7.17. The summed E-state index contributed by atoms with van der Waals surface area (Å²) in [7, 11) is 0. The lowest BCUT2D eigenvalue weighted by molar-refractivity contribution is 0.0660. The van der Waals surface area contributed by atoms with Crippen molar-refractivity contribution < 1.29 is 18.7 Å². The summed E-state index contributed by atoms with van der Waals surface area (Å²) in [5.41, 5.74) is 0.0519. The Morgan fingerprint density at radius 3 is 2.59 bits per heavy atom. The Bertz CT molecular complexity index is 1280. The van der Waals surface area contributed by atoms with Crippen molar-refractivity contribution in [2.75, 3.05) is 0 Å². The van der Waals surface area contributed by atoms with Crippen molar-refractivity contribution in [3.8, 4) is 11.1 Å². The highest BCUT2D eigenvalue weighted by Gasteiger charge is 2.17. The van der Waals surface area contributed by atoms with Crippen molar-refractivity contribution in [1.29, 1.82) is 0 Å². The second kappa shape index (κ2) is 6.36. The lowest BCUT2D eigenvalue weighted by atomic mass is 10.1. The van der Waals surface area contributed by atoms with Crippen LogP contribution in [0, 0.1) is 5.82 Å². The van der Waals surface area contributed by atoms with Crippen LogP contribution in [0.1, 0.15) is 16.3 Å². The van der Waals surface area contributed by atoms with Crippen LogP contribution in [-0.4, -0.2) is 20.6 Å². The average molecular weight is 386 g/mol. The third-order valence-electron chi connectivity index (χ3n) is 4.06. The van der Waals surface area contributed by atoms with Gasteiger partial charge >= 0.3 is 11.7 Å². The zero-order valence-corrected chi connectivity index (χ0v) is 14.4. The van der Waals surface area contributed by atoms with Gasteiger partial charge in [-0.3, -0.25) is 14.3 Å². The van der Waals surface area contributed by atoms with E-state index >= 15 is 0 Å². The number of rotatable bonds is 4. The Balaban J connectivity index is 1.85. The number of carbonyl (C=O) groups is 1. The molecule has 4 aromatic rings. The first-order valence-corrected chi connectivity index (χ1v) is 8.64. The summed E-state index contributed by atoms with van der Waals surface area (Å²) in [6.07, 6.45) is 0. The summed E-state index contributed by atoms with van der Waals surface area (Å²) in [6.45, 7) is -0.212. The van der Waals surface area contributed by atoms with Gasteiger partial charge in [0.25, 0.3) is 5.56 Å². The first kappa shape index (κ1) is 17.0. The molecule has 136 valence electrons. The van der Waals surface area contributed by atoms with Crippen molar-refractivity contribution in [2.45, 2.75) is 6.54 Å². The fraction of sp³-hybridized carbons (Fsp3) is 0.0556. The highest BCUT2D eigenvalue weighted by Crippen LogP contribution is 2.30. The lowest BCUT2D eigenvalue weighted by Gasteiger charge is -2.04. The minimum atomic E-state index is -1.24. The topological polar surface area (TPSA) is 105 Å². The molecule has 0 saturated heterocycles. The molecule has 9 heteroatoms. The Labute approximate surface area is 153 Å². The van der Waals surface area contributed by atoms with E-state index in [1.807, 2.05) is 0 Å². The van der Waals surface area contributed by atoms with Crippen molar-refractivity contribution in [3.05, 3.63) is 80.0 Å². The summed E-state index contributed by atoms with van der Waals surface area (Å²) in [4.78, 5) is 39.2. The van der Waals surface area contributed by atoms with E-state index in [0.717, 1.165) is 4.57 Å². The van der Waals surface area contributed by atoms with Crippen LogP contribution in [0.3, 0.4) is 0 Å². The van der Waals surface area contributed by atoms with Crippen molar-refractivity contribution >= 4 is 27.5 Å². The number of carboxylic acid groups (broad SMARTS) is 1. The Kier molecular flexibility index (Phi) is 4.00. The van der Waals surface area contributed by atoms with E-state index in [9.17, 15) is 18.8 Å². The molecule has 0 aliphatic carbocycles. The first-order chi connectivity index (χ1) is 12.9. The smallest absolute Gasteiger partial charge is 0.371 e. The van der Waals surface area contributed by atoms with Crippen LogP contribution in [0.15, 0.2) is 55.8 Å². The average Bonchev–Trinajstić information content (AvgIpc) is 3.26. The predicted octanol–water partition coefficient (Wildman–Crippen LogP) is 2.90. The van der Waals surface area contributed by atoms with Gasteiger partial charge in [-0.25, -0.2) is 14.0 Å². The van der Waals surface area contributed by atoms with Crippen LogP contribution in [0.4, 0.5) is 4.39 Å². The molecule has 0 saturated carbocycles. The largest absolute Gasteiger partial charge is 0.475 e. The van der Waals surface area contributed by atoms with Gasteiger partial charge in [-0.05, 0) is 29.8 Å². The fourth-order valence-electron chi connectivity index (χ4n) is 2.77. The van der Waals surface area contributed by atoms with E-state index in [2.05, 4.69) is 4.98 Å². The molecule has 0 atom stereocenters. The Morgan fingerprint density at radius 2 is 1.93 bits per heavy atom. The monoisotopic (exact) mass is 386 g/mol. The number of hydrogen-bond acceptors (Lipinski definition) is 5. The SMILES string of the molecule is O=C(O)c1ccc(Cn2c(=O)[nH]c3scc(-c4ccc(F)cc4)c3c2=O)o1. The number of aromatic amines is 1. The van der Waals surface area contributed by atoms with Crippen LogP contribution in [-0.2, 0) is 6.54 Å². The molecule has 0 radical (unpaired) electrons. The van der Waals surface area contributed by atoms with E-state index < -0.39 is 23.0 Å². The number of halogens is 1. The van der Waals surface area contributed by atoms with Gasteiger partial charge in [0.2, 0.25) is 5.76 Å². The maximum absolute atomic E-state index is 13.2. The molecule has 0 unspecified atom stereocenters. The molecule has 0 amide bonds. The number of carboxylic acids is 1. The predicted molar refractivity (Wildman–Crippen MR) is 96.9 cm³/mol. The minimum absolute atomic E-state index is 0.165. The lowest BCUT2D eigenvalue weighted by Crippen LogP contribution is -2.35. The second-order valence-electron chi connectivity index (χ2n) is 5.75. The van der Waals surface area contributed by atoms with Gasteiger partial charge in [-0.1, -0.05) is 12.1 Å². The molecule has 0 bridgehead atoms. The molecular formula is C18H11FN2O5S. The second-order valence-corrected chi connectivity index (χ2v) is 6.63. The van der Waals surface area contributed by atoms with Crippen LogP contribution < -0.4 is 11.2 Å². The van der Waals surface area contributed by atoms with E-state index in [4.69, 9.17) is 9.52 Å². The van der Waals surface area contributed by atoms with Gasteiger partial charge in [-0.2, -0.15) is 0 Å². The third kappa shape index (κ3) is 2.97. The molecule has 0 spiro atoms. The number of nitrogens with zero attached hydrogens (tertiary/aromatic N) is 1. The maximum Gasteiger partial charge on any atom is 0.371 e. The van der Waals surface area contributed by atoms with Crippen molar-refractivity contribution in [2.24, 2.45) is 0 Å². The zero-order chi connectivity index (χ0) is 19.1. The molecule has 2 N–H and O–H groups in total. The summed E-state index contributed by atoms with van der Waals surface area (Å²) in [5, 5.41) is 10.9. The molecular weight excluding hydrogens is 375 g/mol. The summed E-state index contributed by atoms with van der Waals surface area (Å²) in [6, 6.07) is 8.34. The molecule has 0 fully saturated rings. The number of H-pyrrole nitrogens is 1. The molecule has 7 nitrogen and oxygen atoms in total. The normalized spacial score (nSPS) is 11.1. The molecule has 0 aliphatic rings. The van der Waals surface area contributed by atoms with Crippen molar-refractivity contribution in [3.63, 3.8) is 0 Å². The Morgan fingerprint density at radius 1 is 1.19 bits per heavy atom. The van der Waals surface area contributed by atoms with E-state index in [1.165, 1.54) is 35.6 Å². The number of aromatic nitrogens is 2. The standard InChI is InChI=1S/C18H11FN2O5S/c19-10-3-1-9(2-4-10)12-8-27-15-14(12)16(22)21(18(25)20-15)7-11-5-6-13(26-11)17(23)24/h1-6,8H,7H2,(H,20,25)(H,23,24). The molecule has 27 heavy (non-hydrogen) atoms. The summed E-state index contributed by atoms with van der Waals surface area (Å²) >= 11 is 1.20. The highest BCUT2D eigenvalue weighted by atomic mass is 32.1. The summed E-state index contributed by atoms with van der Waals surface area (Å²) < 4.78 is 19.2. The van der Waals surface area contributed by atoms with Gasteiger partial charge in [0.1, 0.15) is 16.4 Å². The van der Waals surface area contributed by atoms with E-state index in [0.29, 0.717) is 21.3 Å². The molecule has 4 rings (SSSR count). The van der Waals surface area contributed by atoms with Crippen LogP contribution in [0.25, 0.3) is 21.3 Å². The molecule has 1 aromatic carbocycles. The number of furan rings is 1. The van der Waals surface area contributed by atoms with Gasteiger partial charge in [-0.15, -0.1) is 11.3 Å². The van der Waals surface area contributed by atoms with Crippen LogP contribution >= 0.6 is 11.3 Å². The zero-order valence-electron chi connectivity index (χ0n) is 13.6. The number of thiophene rings is 1. The number of nitrogens with one attached hydrogen (secondary N) is 1. The van der Waals surface area contributed by atoms with Crippen LogP contribution in [0.2, 0.25) is 0 Å². The number of hydrogen-bond donors (Lipinski definition) is 2. The fourth-order valence-corrected chi connectivity index (χ4v) is 3.72. The Hall–Kier alpha value is -3.46. The number of aromatic carboxylic acids is 1. The van der Waals surface area contributed by atoms with Crippen molar-refractivity contribution in [1.82, 2.24) is 9.55 Å². The quantitative estimate of drug-likeness (QED) is 0.561. The van der Waals surface area contributed by atoms with E-state index in [1.54, 1.807) is 17.5 Å². The third-order valence-corrected chi connectivity index (χ3v) is 4.95. The minimum Gasteiger partial charge on any atom is -0.475 e. The number of benzene rings is 1. The first-order valence-electron chi connectivity index (χ1n) is 7.76. The molecule has 3 heterocycles. The van der Waals surface area contributed by atoms with Gasteiger partial charge in [0, 0.05) is 10.9 Å². The van der Waals surface area contributed by atoms with Gasteiger partial charge < -0.3 is 9.52 Å². The van der Waals surface area contributed by atoms with Gasteiger partial charge in [0.15, 0.2) is 0 Å². The summed E-state index contributed by atoms with van der Waals surface area (Å²) in [5.74, 6) is -1.75. The van der Waals surface area contributed by atoms with Gasteiger partial charge in [0.05, 0.1) is 11.9 Å².